The van der Waals surface area contributed by atoms with Crippen LogP contribution in [0.25, 0.3) is 21.5 Å². The van der Waals surface area contributed by atoms with Gasteiger partial charge in [0.25, 0.3) is 0 Å². The van der Waals surface area contributed by atoms with E-state index < -0.39 is 5.97 Å². The second kappa shape index (κ2) is 4.94. The summed E-state index contributed by atoms with van der Waals surface area (Å²) < 4.78 is 0. The molecule has 0 bridgehead atoms. The third kappa shape index (κ3) is 1.95. The van der Waals surface area contributed by atoms with Gasteiger partial charge in [-0.1, -0.05) is 48.5 Å². The summed E-state index contributed by atoms with van der Waals surface area (Å²) in [4.78, 5) is 11.2. The van der Waals surface area contributed by atoms with E-state index in [0.717, 1.165) is 21.5 Å². The van der Waals surface area contributed by atoms with E-state index in [-0.39, 0.29) is 22.4 Å². The van der Waals surface area contributed by atoms with Crippen molar-refractivity contribution in [2.45, 2.75) is 0 Å². The Labute approximate surface area is 120 Å². The molecule has 0 aliphatic carbocycles. The third-order valence-corrected chi connectivity index (χ3v) is 3.02. The first-order valence-corrected chi connectivity index (χ1v) is 5.41. The predicted octanol–water partition coefficient (Wildman–Crippen LogP) is 3.69. The second-order valence-corrected chi connectivity index (χ2v) is 3.99. The average molecular weight is 330 g/mol. The molecule has 1 N–H and O–H groups in total. The van der Waals surface area contributed by atoms with Crippen molar-refractivity contribution in [1.82, 2.24) is 0 Å². The Morgan fingerprint density at radius 2 is 1.50 bits per heavy atom. The number of aromatic carboxylic acids is 1. The topological polar surface area (TPSA) is 37.3 Å². The molecule has 18 heavy (non-hydrogen) atoms. The minimum atomic E-state index is -0.883. The van der Waals surface area contributed by atoms with Gasteiger partial charge in [-0.05, 0) is 27.6 Å². The molecule has 3 aromatic carbocycles. The fourth-order valence-corrected chi connectivity index (χ4v) is 2.23. The monoisotopic (exact) mass is 329 g/mol. The molecule has 0 spiro atoms. The van der Waals surface area contributed by atoms with Crippen LogP contribution in [0.15, 0.2) is 54.6 Å². The van der Waals surface area contributed by atoms with Gasteiger partial charge in [0.2, 0.25) is 0 Å². The summed E-state index contributed by atoms with van der Waals surface area (Å²) in [6, 6.07) is 17.2. The zero-order chi connectivity index (χ0) is 11.8. The van der Waals surface area contributed by atoms with Gasteiger partial charge in [0, 0.05) is 22.4 Å². The molecule has 2 nitrogen and oxygen atoms in total. The standard InChI is InChI=1S/C15H10O2.Ag/c16-15(17)14-7-3-6-12-11-5-2-1-4-10(11)8-9-13(12)14;/h1-9H,(H,16,17);. The van der Waals surface area contributed by atoms with Gasteiger partial charge in [-0.3, -0.25) is 0 Å². The number of benzene rings is 3. The number of carbonyl (C=O) groups is 1. The molecule has 0 aliphatic heterocycles. The maximum absolute atomic E-state index is 11.2. The molecule has 3 heteroatoms. The molecule has 3 aromatic rings. The summed E-state index contributed by atoms with van der Waals surface area (Å²) in [5, 5.41) is 13.2. The van der Waals surface area contributed by atoms with Gasteiger partial charge in [0.15, 0.2) is 0 Å². The molecule has 0 saturated heterocycles. The first kappa shape index (κ1) is 12.8. The number of carboxylic acids is 1. The SMILES string of the molecule is O=C(O)c1cccc2c1ccc1ccccc12.[Ag]. The van der Waals surface area contributed by atoms with Gasteiger partial charge in [0.05, 0.1) is 5.56 Å². The summed E-state index contributed by atoms with van der Waals surface area (Å²) in [5.74, 6) is -0.883. The van der Waals surface area contributed by atoms with Crippen molar-refractivity contribution in [3.63, 3.8) is 0 Å². The van der Waals surface area contributed by atoms with Crippen LogP contribution in [0.1, 0.15) is 10.4 Å². The smallest absolute Gasteiger partial charge is 0.336 e. The largest absolute Gasteiger partial charge is 0.478 e. The molecule has 1 radical (unpaired) electrons. The van der Waals surface area contributed by atoms with Gasteiger partial charge in [-0.25, -0.2) is 4.79 Å². The zero-order valence-corrected chi connectivity index (χ0v) is 10.8. The minimum Gasteiger partial charge on any atom is -0.478 e. The van der Waals surface area contributed by atoms with Crippen LogP contribution >= 0.6 is 0 Å². The van der Waals surface area contributed by atoms with Gasteiger partial charge in [-0.15, -0.1) is 0 Å². The first-order valence-electron chi connectivity index (χ1n) is 5.41. The predicted molar refractivity (Wildman–Crippen MR) is 68.4 cm³/mol. The summed E-state index contributed by atoms with van der Waals surface area (Å²) in [5.41, 5.74) is 0.355. The van der Waals surface area contributed by atoms with Crippen LogP contribution in [0.5, 0.6) is 0 Å². The van der Waals surface area contributed by atoms with E-state index in [4.69, 9.17) is 5.11 Å². The van der Waals surface area contributed by atoms with Crippen LogP contribution in [-0.2, 0) is 22.4 Å². The van der Waals surface area contributed by atoms with E-state index >= 15 is 0 Å². The fraction of sp³-hybridized carbons (Fsp3) is 0. The molecule has 93 valence electrons. The van der Waals surface area contributed by atoms with Gasteiger partial charge in [0.1, 0.15) is 0 Å². The van der Waals surface area contributed by atoms with E-state index in [9.17, 15) is 4.79 Å². The van der Waals surface area contributed by atoms with Crippen LogP contribution in [0.2, 0.25) is 0 Å². The van der Waals surface area contributed by atoms with Crippen molar-refractivity contribution in [3.8, 4) is 0 Å². The first-order chi connectivity index (χ1) is 8.27. The molecule has 0 heterocycles. The van der Waals surface area contributed by atoms with Crippen molar-refractivity contribution in [3.05, 3.63) is 60.2 Å². The van der Waals surface area contributed by atoms with Gasteiger partial charge >= 0.3 is 5.97 Å². The molecular weight excluding hydrogens is 320 g/mol. The molecule has 0 saturated carbocycles. The van der Waals surface area contributed by atoms with Crippen LogP contribution in [-0.4, -0.2) is 11.1 Å². The van der Waals surface area contributed by atoms with Crippen molar-refractivity contribution >= 4 is 27.5 Å². The van der Waals surface area contributed by atoms with Crippen LogP contribution < -0.4 is 0 Å². The normalized spacial score (nSPS) is 10.2. The zero-order valence-electron chi connectivity index (χ0n) is 9.35. The van der Waals surface area contributed by atoms with E-state index in [2.05, 4.69) is 0 Å². The summed E-state index contributed by atoms with van der Waals surface area (Å²) in [6.07, 6.45) is 0. The Morgan fingerprint density at radius 3 is 2.28 bits per heavy atom. The minimum absolute atomic E-state index is 0. The van der Waals surface area contributed by atoms with E-state index in [1.54, 1.807) is 12.1 Å². The molecule has 0 aliphatic rings. The molecule has 0 atom stereocenters. The number of hydrogen-bond acceptors (Lipinski definition) is 1. The quantitative estimate of drug-likeness (QED) is 0.546. The Morgan fingerprint density at radius 1 is 0.778 bits per heavy atom. The van der Waals surface area contributed by atoms with E-state index in [0.29, 0.717) is 5.56 Å². The molecule has 0 fully saturated rings. The molecule has 0 aromatic heterocycles. The summed E-state index contributed by atoms with van der Waals surface area (Å²) >= 11 is 0. The summed E-state index contributed by atoms with van der Waals surface area (Å²) in [6.45, 7) is 0. The average Bonchev–Trinajstić information content (AvgIpc) is 2.37. The molecule has 3 rings (SSSR count). The van der Waals surface area contributed by atoms with Gasteiger partial charge in [-0.2, -0.15) is 0 Å². The maximum Gasteiger partial charge on any atom is 0.336 e. The second-order valence-electron chi connectivity index (χ2n) is 3.99. The Hall–Kier alpha value is -1.61. The number of hydrogen-bond donors (Lipinski definition) is 1. The fourth-order valence-electron chi connectivity index (χ4n) is 2.23. The maximum atomic E-state index is 11.2. The number of fused-ring (bicyclic) bond motifs is 3. The van der Waals surface area contributed by atoms with Crippen molar-refractivity contribution in [1.29, 1.82) is 0 Å². The molecular formula is C15H10AgO2. The Kier molecular flexibility index (Phi) is 3.53. The number of rotatable bonds is 1. The number of carboxylic acid groups (broad SMARTS) is 1. The Bertz CT molecular complexity index is 735. The van der Waals surface area contributed by atoms with Crippen LogP contribution in [0.3, 0.4) is 0 Å². The van der Waals surface area contributed by atoms with E-state index in [1.807, 2.05) is 42.5 Å². The van der Waals surface area contributed by atoms with Crippen molar-refractivity contribution < 1.29 is 32.3 Å². The van der Waals surface area contributed by atoms with Crippen molar-refractivity contribution in [2.75, 3.05) is 0 Å². The van der Waals surface area contributed by atoms with Crippen molar-refractivity contribution in [2.24, 2.45) is 0 Å². The van der Waals surface area contributed by atoms with Crippen LogP contribution in [0, 0.1) is 0 Å². The molecule has 0 amide bonds. The van der Waals surface area contributed by atoms with E-state index in [1.165, 1.54) is 0 Å². The van der Waals surface area contributed by atoms with Gasteiger partial charge < -0.3 is 5.11 Å². The van der Waals surface area contributed by atoms with Crippen LogP contribution in [0.4, 0.5) is 0 Å². The molecule has 0 unspecified atom stereocenters. The Balaban J connectivity index is 0.00000120. The summed E-state index contributed by atoms with van der Waals surface area (Å²) in [7, 11) is 0. The third-order valence-electron chi connectivity index (χ3n) is 3.02.